The molecule has 110 valence electrons. The second kappa shape index (κ2) is 7.09. The topological polar surface area (TPSA) is 29.1 Å². The first kappa shape index (κ1) is 16.0. The molecular formula is C16H15BrFNOS. The number of aryl methyl sites for hydroxylation is 1. The van der Waals surface area contributed by atoms with Crippen molar-refractivity contribution in [3.05, 3.63) is 63.4 Å². The third-order valence-corrected chi connectivity index (χ3v) is 4.15. The summed E-state index contributed by atoms with van der Waals surface area (Å²) in [7, 11) is 0. The molecule has 0 fully saturated rings. The van der Waals surface area contributed by atoms with Crippen LogP contribution in [-0.2, 0) is 6.42 Å². The van der Waals surface area contributed by atoms with Crippen molar-refractivity contribution in [2.24, 2.45) is 0 Å². The van der Waals surface area contributed by atoms with Crippen LogP contribution in [0.3, 0.4) is 0 Å². The number of thiol groups is 1. The molecule has 0 aliphatic heterocycles. The summed E-state index contributed by atoms with van der Waals surface area (Å²) in [5, 5.41) is 2.86. The van der Waals surface area contributed by atoms with E-state index in [9.17, 15) is 9.18 Å². The van der Waals surface area contributed by atoms with Gasteiger partial charge in [0.2, 0.25) is 0 Å². The monoisotopic (exact) mass is 367 g/mol. The van der Waals surface area contributed by atoms with Crippen LogP contribution in [0.25, 0.3) is 0 Å². The van der Waals surface area contributed by atoms with Gasteiger partial charge in [-0.15, -0.1) is 12.6 Å². The van der Waals surface area contributed by atoms with Crippen LogP contribution in [-0.4, -0.2) is 12.5 Å². The Hall–Kier alpha value is -1.33. The van der Waals surface area contributed by atoms with E-state index in [1.165, 1.54) is 12.1 Å². The van der Waals surface area contributed by atoms with E-state index < -0.39 is 0 Å². The molecule has 21 heavy (non-hydrogen) atoms. The SMILES string of the molecule is Cc1cc(F)ccc1CCNC(=O)c1cc(S)ccc1Br. The molecule has 0 atom stereocenters. The summed E-state index contributed by atoms with van der Waals surface area (Å²) in [6.07, 6.45) is 0.663. The van der Waals surface area contributed by atoms with E-state index in [4.69, 9.17) is 0 Å². The zero-order valence-electron chi connectivity index (χ0n) is 11.5. The summed E-state index contributed by atoms with van der Waals surface area (Å²) in [6, 6.07) is 10.0. The van der Waals surface area contributed by atoms with E-state index in [-0.39, 0.29) is 11.7 Å². The maximum atomic E-state index is 13.0. The Labute approximate surface area is 137 Å². The van der Waals surface area contributed by atoms with Crippen molar-refractivity contribution in [2.45, 2.75) is 18.2 Å². The van der Waals surface area contributed by atoms with Gasteiger partial charge in [-0.2, -0.15) is 0 Å². The Balaban J connectivity index is 1.97. The summed E-state index contributed by atoms with van der Waals surface area (Å²) in [4.78, 5) is 12.8. The molecule has 2 rings (SSSR count). The minimum Gasteiger partial charge on any atom is -0.352 e. The number of nitrogens with one attached hydrogen (secondary N) is 1. The molecule has 0 aliphatic carbocycles. The van der Waals surface area contributed by atoms with E-state index in [1.807, 2.05) is 13.0 Å². The fourth-order valence-electron chi connectivity index (χ4n) is 2.03. The molecule has 1 amide bonds. The molecule has 0 aromatic heterocycles. The van der Waals surface area contributed by atoms with Gasteiger partial charge in [-0.05, 0) is 70.7 Å². The van der Waals surface area contributed by atoms with Gasteiger partial charge in [-0.25, -0.2) is 4.39 Å². The largest absolute Gasteiger partial charge is 0.352 e. The van der Waals surface area contributed by atoms with E-state index in [1.54, 1.807) is 18.2 Å². The van der Waals surface area contributed by atoms with E-state index in [0.29, 0.717) is 18.5 Å². The van der Waals surface area contributed by atoms with Crippen molar-refractivity contribution in [1.82, 2.24) is 5.32 Å². The van der Waals surface area contributed by atoms with Crippen LogP contribution in [0.5, 0.6) is 0 Å². The van der Waals surface area contributed by atoms with Gasteiger partial charge in [0, 0.05) is 15.9 Å². The molecule has 0 saturated heterocycles. The predicted octanol–water partition coefficient (Wildman–Crippen LogP) is 4.16. The minimum absolute atomic E-state index is 0.155. The molecule has 5 heteroatoms. The van der Waals surface area contributed by atoms with Gasteiger partial charge in [0.15, 0.2) is 0 Å². The fraction of sp³-hybridized carbons (Fsp3) is 0.188. The van der Waals surface area contributed by atoms with Gasteiger partial charge < -0.3 is 5.32 Å². The van der Waals surface area contributed by atoms with Gasteiger partial charge >= 0.3 is 0 Å². The number of rotatable bonds is 4. The Kier molecular flexibility index (Phi) is 5.42. The molecule has 2 aromatic rings. The van der Waals surface area contributed by atoms with E-state index >= 15 is 0 Å². The highest BCUT2D eigenvalue weighted by molar-refractivity contribution is 9.10. The zero-order chi connectivity index (χ0) is 15.4. The van der Waals surface area contributed by atoms with Gasteiger partial charge in [0.1, 0.15) is 5.82 Å². The number of hydrogen-bond donors (Lipinski definition) is 2. The Morgan fingerprint density at radius 1 is 1.29 bits per heavy atom. The molecule has 0 aliphatic rings. The Bertz CT molecular complexity index is 675. The van der Waals surface area contributed by atoms with E-state index in [2.05, 4.69) is 33.9 Å². The molecule has 1 N–H and O–H groups in total. The summed E-state index contributed by atoms with van der Waals surface area (Å²) in [6.45, 7) is 2.36. The first-order chi connectivity index (χ1) is 9.97. The van der Waals surface area contributed by atoms with Crippen molar-refractivity contribution < 1.29 is 9.18 Å². The molecule has 0 saturated carbocycles. The van der Waals surface area contributed by atoms with Gasteiger partial charge in [0.25, 0.3) is 5.91 Å². The standard InChI is InChI=1S/C16H15BrFNOS/c1-10-8-12(18)3-2-11(10)6-7-19-16(20)14-9-13(21)4-5-15(14)17/h2-5,8-9,21H,6-7H2,1H3,(H,19,20). The molecule has 0 unspecified atom stereocenters. The lowest BCUT2D eigenvalue weighted by atomic mass is 10.1. The van der Waals surface area contributed by atoms with Crippen molar-refractivity contribution in [3.8, 4) is 0 Å². The molecule has 2 aromatic carbocycles. The van der Waals surface area contributed by atoms with Crippen molar-refractivity contribution in [3.63, 3.8) is 0 Å². The minimum atomic E-state index is -0.241. The van der Waals surface area contributed by atoms with E-state index in [0.717, 1.165) is 20.5 Å². The van der Waals surface area contributed by atoms with Crippen LogP contribution in [0.15, 0.2) is 45.8 Å². The van der Waals surface area contributed by atoms with Crippen LogP contribution in [0.2, 0.25) is 0 Å². The predicted molar refractivity (Wildman–Crippen MR) is 88.6 cm³/mol. The van der Waals surface area contributed by atoms with Crippen LogP contribution in [0.1, 0.15) is 21.5 Å². The number of benzene rings is 2. The average molecular weight is 368 g/mol. The lowest BCUT2D eigenvalue weighted by molar-refractivity contribution is 0.0953. The lowest BCUT2D eigenvalue weighted by Crippen LogP contribution is -2.26. The lowest BCUT2D eigenvalue weighted by Gasteiger charge is -2.09. The Morgan fingerprint density at radius 3 is 2.76 bits per heavy atom. The number of amides is 1. The molecule has 0 heterocycles. The smallest absolute Gasteiger partial charge is 0.252 e. The third-order valence-electron chi connectivity index (χ3n) is 3.18. The second-order valence-corrected chi connectivity index (χ2v) is 6.11. The number of halogens is 2. The maximum Gasteiger partial charge on any atom is 0.252 e. The highest BCUT2D eigenvalue weighted by Crippen LogP contribution is 2.20. The van der Waals surface area contributed by atoms with Gasteiger partial charge in [-0.1, -0.05) is 6.07 Å². The number of carbonyl (C=O) groups is 1. The summed E-state index contributed by atoms with van der Waals surface area (Å²) < 4.78 is 13.8. The van der Waals surface area contributed by atoms with Gasteiger partial charge in [0.05, 0.1) is 5.56 Å². The first-order valence-corrected chi connectivity index (χ1v) is 7.73. The summed E-state index contributed by atoms with van der Waals surface area (Å²) in [5.41, 5.74) is 2.47. The summed E-state index contributed by atoms with van der Waals surface area (Å²) >= 11 is 7.58. The van der Waals surface area contributed by atoms with Crippen molar-refractivity contribution in [1.29, 1.82) is 0 Å². The fourth-order valence-corrected chi connectivity index (χ4v) is 2.66. The first-order valence-electron chi connectivity index (χ1n) is 6.49. The van der Waals surface area contributed by atoms with Gasteiger partial charge in [-0.3, -0.25) is 4.79 Å². The molecule has 0 spiro atoms. The zero-order valence-corrected chi connectivity index (χ0v) is 14.0. The number of hydrogen-bond acceptors (Lipinski definition) is 2. The highest BCUT2D eigenvalue weighted by Gasteiger charge is 2.10. The molecule has 0 bridgehead atoms. The average Bonchev–Trinajstić information content (AvgIpc) is 2.43. The maximum absolute atomic E-state index is 13.0. The van der Waals surface area contributed by atoms with Crippen molar-refractivity contribution >= 4 is 34.5 Å². The Morgan fingerprint density at radius 2 is 2.05 bits per heavy atom. The van der Waals surface area contributed by atoms with Crippen LogP contribution >= 0.6 is 28.6 Å². The molecule has 0 radical (unpaired) electrons. The normalized spacial score (nSPS) is 10.5. The third kappa shape index (κ3) is 4.32. The molecule has 2 nitrogen and oxygen atoms in total. The van der Waals surface area contributed by atoms with Crippen LogP contribution < -0.4 is 5.32 Å². The molecular weight excluding hydrogens is 353 g/mol. The van der Waals surface area contributed by atoms with Crippen LogP contribution in [0.4, 0.5) is 4.39 Å². The summed E-state index contributed by atoms with van der Waals surface area (Å²) in [5.74, 6) is -0.396. The highest BCUT2D eigenvalue weighted by atomic mass is 79.9. The second-order valence-electron chi connectivity index (χ2n) is 4.74. The van der Waals surface area contributed by atoms with Crippen molar-refractivity contribution in [2.75, 3.05) is 6.54 Å². The van der Waals surface area contributed by atoms with Crippen LogP contribution in [0, 0.1) is 12.7 Å². The number of carbonyl (C=O) groups excluding carboxylic acids is 1. The quantitative estimate of drug-likeness (QED) is 0.780.